The van der Waals surface area contributed by atoms with Gasteiger partial charge < -0.3 is 4.90 Å². The Morgan fingerprint density at radius 2 is 2.21 bits per heavy atom. The van der Waals surface area contributed by atoms with Crippen molar-refractivity contribution in [3.8, 4) is 0 Å². The molecule has 2 aliphatic rings. The molecule has 3 atom stereocenters. The predicted octanol–water partition coefficient (Wildman–Crippen LogP) is 1.34. The van der Waals surface area contributed by atoms with Crippen LogP contribution in [0.1, 0.15) is 40.0 Å². The molecule has 1 aliphatic heterocycles. The van der Waals surface area contributed by atoms with E-state index in [2.05, 4.69) is 26.1 Å². The zero-order valence-electron chi connectivity index (χ0n) is 9.29. The van der Waals surface area contributed by atoms with Crippen molar-refractivity contribution < 1.29 is 4.79 Å². The van der Waals surface area contributed by atoms with Gasteiger partial charge in [0.15, 0.2) is 0 Å². The Balaban J connectivity index is 2.06. The molecule has 0 spiro atoms. The van der Waals surface area contributed by atoms with Crippen LogP contribution in [-0.2, 0) is 4.79 Å². The average Bonchev–Trinajstić information content (AvgIpc) is 2.93. The van der Waals surface area contributed by atoms with Crippen molar-refractivity contribution in [2.45, 2.75) is 58.3 Å². The maximum Gasteiger partial charge on any atom is 0.241 e. The van der Waals surface area contributed by atoms with E-state index >= 15 is 0 Å². The van der Waals surface area contributed by atoms with Crippen LogP contribution in [0.4, 0.5) is 0 Å². The standard InChI is InChI=1S/C11H20N2O/c1-4-10-11(14)13(8(3)12-10)7(2)9-5-6-9/h7-10,12H,4-6H2,1-3H3. The lowest BCUT2D eigenvalue weighted by Gasteiger charge is -2.28. The summed E-state index contributed by atoms with van der Waals surface area (Å²) in [7, 11) is 0. The number of nitrogens with one attached hydrogen (secondary N) is 1. The maximum absolute atomic E-state index is 12.0. The van der Waals surface area contributed by atoms with Crippen LogP contribution in [0, 0.1) is 5.92 Å². The highest BCUT2D eigenvalue weighted by molar-refractivity contribution is 5.84. The first-order valence-corrected chi connectivity index (χ1v) is 5.73. The van der Waals surface area contributed by atoms with Gasteiger partial charge in [-0.05, 0) is 39.0 Å². The first kappa shape index (κ1) is 9.97. The Morgan fingerprint density at radius 3 is 2.64 bits per heavy atom. The van der Waals surface area contributed by atoms with Crippen LogP contribution in [0.2, 0.25) is 0 Å². The first-order valence-electron chi connectivity index (χ1n) is 5.73. The van der Waals surface area contributed by atoms with Crippen molar-refractivity contribution in [2.75, 3.05) is 0 Å². The maximum atomic E-state index is 12.0. The summed E-state index contributed by atoms with van der Waals surface area (Å²) in [5.41, 5.74) is 0. The molecule has 80 valence electrons. The minimum absolute atomic E-state index is 0.0613. The molecular formula is C11H20N2O. The van der Waals surface area contributed by atoms with Crippen LogP contribution in [0.3, 0.4) is 0 Å². The fraction of sp³-hybridized carbons (Fsp3) is 0.909. The van der Waals surface area contributed by atoms with Crippen molar-refractivity contribution in [1.82, 2.24) is 10.2 Å². The molecule has 2 fully saturated rings. The average molecular weight is 196 g/mol. The molecule has 0 bridgehead atoms. The number of rotatable bonds is 3. The second-order valence-electron chi connectivity index (χ2n) is 4.63. The fourth-order valence-corrected chi connectivity index (χ4v) is 2.47. The van der Waals surface area contributed by atoms with Crippen molar-refractivity contribution in [1.29, 1.82) is 0 Å². The summed E-state index contributed by atoms with van der Waals surface area (Å²) >= 11 is 0. The van der Waals surface area contributed by atoms with Gasteiger partial charge in [-0.3, -0.25) is 10.1 Å². The molecule has 0 aromatic heterocycles. The third-order valence-electron chi connectivity index (χ3n) is 3.56. The molecule has 1 N–H and O–H groups in total. The Kier molecular flexibility index (Phi) is 2.52. The normalized spacial score (nSPS) is 35.1. The largest absolute Gasteiger partial charge is 0.323 e. The minimum Gasteiger partial charge on any atom is -0.323 e. The van der Waals surface area contributed by atoms with Crippen molar-refractivity contribution in [2.24, 2.45) is 5.92 Å². The molecule has 3 nitrogen and oxygen atoms in total. The Labute approximate surface area is 85.8 Å². The lowest BCUT2D eigenvalue weighted by molar-refractivity contribution is -0.132. The van der Waals surface area contributed by atoms with Gasteiger partial charge in [0.2, 0.25) is 5.91 Å². The summed E-state index contributed by atoms with van der Waals surface area (Å²) in [5, 5.41) is 3.34. The van der Waals surface area contributed by atoms with Crippen molar-refractivity contribution >= 4 is 5.91 Å². The number of hydrogen-bond donors (Lipinski definition) is 1. The van der Waals surface area contributed by atoms with Crippen LogP contribution < -0.4 is 5.32 Å². The van der Waals surface area contributed by atoms with Gasteiger partial charge in [0.1, 0.15) is 0 Å². The summed E-state index contributed by atoms with van der Waals surface area (Å²) in [4.78, 5) is 14.0. The highest BCUT2D eigenvalue weighted by Gasteiger charge is 2.42. The number of carbonyl (C=O) groups excluding carboxylic acids is 1. The molecule has 2 rings (SSSR count). The van der Waals surface area contributed by atoms with Crippen LogP contribution >= 0.6 is 0 Å². The van der Waals surface area contributed by atoms with E-state index < -0.39 is 0 Å². The van der Waals surface area contributed by atoms with E-state index in [9.17, 15) is 4.79 Å². The van der Waals surface area contributed by atoms with E-state index in [1.807, 2.05) is 4.90 Å². The molecule has 0 aromatic carbocycles. The zero-order chi connectivity index (χ0) is 10.3. The van der Waals surface area contributed by atoms with Crippen LogP contribution in [0.15, 0.2) is 0 Å². The molecule has 0 radical (unpaired) electrons. The molecule has 1 aliphatic carbocycles. The van der Waals surface area contributed by atoms with Gasteiger partial charge in [0.05, 0.1) is 12.2 Å². The molecule has 3 unspecified atom stereocenters. The van der Waals surface area contributed by atoms with E-state index in [1.165, 1.54) is 12.8 Å². The predicted molar refractivity (Wildman–Crippen MR) is 55.7 cm³/mol. The molecule has 1 amide bonds. The summed E-state index contributed by atoms with van der Waals surface area (Å²) in [5.74, 6) is 1.07. The van der Waals surface area contributed by atoms with E-state index in [4.69, 9.17) is 0 Å². The molecular weight excluding hydrogens is 176 g/mol. The van der Waals surface area contributed by atoms with E-state index in [1.54, 1.807) is 0 Å². The number of amides is 1. The molecule has 1 heterocycles. The quantitative estimate of drug-likeness (QED) is 0.739. The second kappa shape index (κ2) is 3.54. The van der Waals surface area contributed by atoms with E-state index in [-0.39, 0.29) is 12.2 Å². The SMILES string of the molecule is CCC1NC(C)N(C(C)C2CC2)C1=O. The lowest BCUT2D eigenvalue weighted by atomic mass is 10.1. The van der Waals surface area contributed by atoms with Gasteiger partial charge in [-0.15, -0.1) is 0 Å². The summed E-state index contributed by atoms with van der Waals surface area (Å²) in [6, 6.07) is 0.493. The minimum atomic E-state index is 0.0613. The van der Waals surface area contributed by atoms with Gasteiger partial charge in [-0.2, -0.15) is 0 Å². The lowest BCUT2D eigenvalue weighted by Crippen LogP contribution is -2.42. The van der Waals surface area contributed by atoms with Crippen molar-refractivity contribution in [3.63, 3.8) is 0 Å². The number of carbonyl (C=O) groups is 1. The summed E-state index contributed by atoms with van der Waals surface area (Å²) in [6.45, 7) is 6.34. The third kappa shape index (κ3) is 1.54. The Bertz CT molecular complexity index is 237. The zero-order valence-corrected chi connectivity index (χ0v) is 9.29. The van der Waals surface area contributed by atoms with Gasteiger partial charge in [-0.25, -0.2) is 0 Å². The molecule has 1 saturated heterocycles. The van der Waals surface area contributed by atoms with Crippen LogP contribution in [-0.4, -0.2) is 29.1 Å². The van der Waals surface area contributed by atoms with Gasteiger partial charge in [0.25, 0.3) is 0 Å². The summed E-state index contributed by atoms with van der Waals surface area (Å²) in [6.07, 6.45) is 3.73. The highest BCUT2D eigenvalue weighted by atomic mass is 16.2. The Hall–Kier alpha value is -0.570. The fourth-order valence-electron chi connectivity index (χ4n) is 2.47. The molecule has 1 saturated carbocycles. The van der Waals surface area contributed by atoms with E-state index in [0.29, 0.717) is 11.9 Å². The van der Waals surface area contributed by atoms with Crippen LogP contribution in [0.25, 0.3) is 0 Å². The van der Waals surface area contributed by atoms with Gasteiger partial charge in [0, 0.05) is 6.04 Å². The van der Waals surface area contributed by atoms with Crippen LogP contribution in [0.5, 0.6) is 0 Å². The smallest absolute Gasteiger partial charge is 0.241 e. The van der Waals surface area contributed by atoms with E-state index in [0.717, 1.165) is 12.3 Å². The molecule has 14 heavy (non-hydrogen) atoms. The number of hydrogen-bond acceptors (Lipinski definition) is 2. The Morgan fingerprint density at radius 1 is 1.57 bits per heavy atom. The molecule has 3 heteroatoms. The first-order chi connectivity index (χ1) is 6.65. The topological polar surface area (TPSA) is 32.3 Å². The highest BCUT2D eigenvalue weighted by Crippen LogP contribution is 2.36. The molecule has 0 aromatic rings. The monoisotopic (exact) mass is 196 g/mol. The summed E-state index contributed by atoms with van der Waals surface area (Å²) < 4.78 is 0. The van der Waals surface area contributed by atoms with Gasteiger partial charge >= 0.3 is 0 Å². The van der Waals surface area contributed by atoms with Gasteiger partial charge in [-0.1, -0.05) is 6.92 Å². The second-order valence-corrected chi connectivity index (χ2v) is 4.63. The number of nitrogens with zero attached hydrogens (tertiary/aromatic N) is 1. The van der Waals surface area contributed by atoms with Crippen molar-refractivity contribution in [3.05, 3.63) is 0 Å². The third-order valence-corrected chi connectivity index (χ3v) is 3.56.